The van der Waals surface area contributed by atoms with Gasteiger partial charge in [0.15, 0.2) is 0 Å². The molecule has 1 aromatic heterocycles. The lowest BCUT2D eigenvalue weighted by Gasteiger charge is -2.19. The van der Waals surface area contributed by atoms with E-state index in [2.05, 4.69) is 4.98 Å². The fourth-order valence-corrected chi connectivity index (χ4v) is 1.18. The topological polar surface area (TPSA) is 50.2 Å². The maximum atomic E-state index is 10.8. The highest BCUT2D eigenvalue weighted by Crippen LogP contribution is 2.23. The van der Waals surface area contributed by atoms with Crippen LogP contribution in [0, 0.1) is 0 Å². The second-order valence-electron chi connectivity index (χ2n) is 3.95. The number of carbonyl (C=O) groups is 1. The van der Waals surface area contributed by atoms with Crippen molar-refractivity contribution in [2.45, 2.75) is 26.2 Å². The van der Waals surface area contributed by atoms with Crippen LogP contribution in [0.15, 0.2) is 18.3 Å². The van der Waals surface area contributed by atoms with Gasteiger partial charge in [0, 0.05) is 11.6 Å². The van der Waals surface area contributed by atoms with E-state index in [-0.39, 0.29) is 11.0 Å². The van der Waals surface area contributed by atoms with Crippen LogP contribution in [0.3, 0.4) is 0 Å². The highest BCUT2D eigenvalue weighted by atomic mass is 16.4. The summed E-state index contributed by atoms with van der Waals surface area (Å²) in [6.45, 7) is 5.84. The molecule has 0 fully saturated rings. The van der Waals surface area contributed by atoms with E-state index in [9.17, 15) is 4.79 Å². The Balaban J connectivity index is 3.28. The molecule has 13 heavy (non-hydrogen) atoms. The Kier molecular flexibility index (Phi) is 2.36. The van der Waals surface area contributed by atoms with Crippen molar-refractivity contribution in [1.29, 1.82) is 0 Å². The van der Waals surface area contributed by atoms with Crippen LogP contribution in [0.2, 0.25) is 0 Å². The minimum atomic E-state index is -0.918. The number of aromatic nitrogens is 1. The van der Waals surface area contributed by atoms with E-state index < -0.39 is 5.97 Å². The van der Waals surface area contributed by atoms with Gasteiger partial charge in [-0.2, -0.15) is 0 Å². The summed E-state index contributed by atoms with van der Waals surface area (Å²) in [5.74, 6) is -0.918. The number of hydrogen-bond donors (Lipinski definition) is 1. The maximum absolute atomic E-state index is 10.8. The van der Waals surface area contributed by atoms with Gasteiger partial charge in [0.1, 0.15) is 0 Å². The molecule has 0 aliphatic heterocycles. The normalized spacial score (nSPS) is 11.3. The van der Waals surface area contributed by atoms with Gasteiger partial charge < -0.3 is 5.11 Å². The first kappa shape index (κ1) is 9.71. The molecular weight excluding hydrogens is 166 g/mol. The Labute approximate surface area is 77.4 Å². The minimum Gasteiger partial charge on any atom is -0.478 e. The number of rotatable bonds is 1. The third kappa shape index (κ3) is 2.05. The SMILES string of the molecule is CC(C)(C)c1ncccc1C(=O)O. The molecule has 0 amide bonds. The molecule has 3 heteroatoms. The number of carboxylic acids is 1. The van der Waals surface area contributed by atoms with Crippen LogP contribution in [0.1, 0.15) is 36.8 Å². The summed E-state index contributed by atoms with van der Waals surface area (Å²) in [7, 11) is 0. The van der Waals surface area contributed by atoms with Gasteiger partial charge in [-0.15, -0.1) is 0 Å². The van der Waals surface area contributed by atoms with Crippen LogP contribution in [0.25, 0.3) is 0 Å². The van der Waals surface area contributed by atoms with Crippen LogP contribution in [-0.2, 0) is 5.41 Å². The summed E-state index contributed by atoms with van der Waals surface area (Å²) < 4.78 is 0. The van der Waals surface area contributed by atoms with E-state index in [0.29, 0.717) is 5.69 Å². The number of nitrogens with zero attached hydrogens (tertiary/aromatic N) is 1. The first-order valence-electron chi connectivity index (χ1n) is 4.11. The molecule has 70 valence electrons. The average Bonchev–Trinajstić information content (AvgIpc) is 2.03. The van der Waals surface area contributed by atoms with Crippen molar-refractivity contribution in [3.63, 3.8) is 0 Å². The van der Waals surface area contributed by atoms with E-state index in [1.165, 1.54) is 0 Å². The molecular formula is C10H13NO2. The molecule has 0 aromatic carbocycles. The summed E-state index contributed by atoms with van der Waals surface area (Å²) in [4.78, 5) is 14.9. The monoisotopic (exact) mass is 179 g/mol. The standard InChI is InChI=1S/C10H13NO2/c1-10(2,3)8-7(9(12)13)5-4-6-11-8/h4-6H,1-3H3,(H,12,13). The van der Waals surface area contributed by atoms with E-state index >= 15 is 0 Å². The van der Waals surface area contributed by atoms with Crippen molar-refractivity contribution >= 4 is 5.97 Å². The molecule has 0 aliphatic carbocycles. The minimum absolute atomic E-state index is 0.227. The third-order valence-corrected chi connectivity index (χ3v) is 1.75. The predicted octanol–water partition coefficient (Wildman–Crippen LogP) is 2.08. The second-order valence-corrected chi connectivity index (χ2v) is 3.95. The molecule has 1 N–H and O–H groups in total. The zero-order valence-electron chi connectivity index (χ0n) is 8.03. The van der Waals surface area contributed by atoms with Crippen LogP contribution < -0.4 is 0 Å². The summed E-state index contributed by atoms with van der Waals surface area (Å²) in [6, 6.07) is 3.22. The van der Waals surface area contributed by atoms with Gasteiger partial charge >= 0.3 is 5.97 Å². The highest BCUT2D eigenvalue weighted by molar-refractivity contribution is 5.89. The molecule has 0 spiro atoms. The zero-order valence-corrected chi connectivity index (χ0v) is 8.03. The molecule has 1 aromatic rings. The molecule has 0 saturated heterocycles. The van der Waals surface area contributed by atoms with Gasteiger partial charge in [-0.1, -0.05) is 20.8 Å². The fourth-order valence-electron chi connectivity index (χ4n) is 1.18. The van der Waals surface area contributed by atoms with Crippen LogP contribution in [-0.4, -0.2) is 16.1 Å². The predicted molar refractivity (Wildman–Crippen MR) is 49.9 cm³/mol. The van der Waals surface area contributed by atoms with Crippen molar-refractivity contribution in [2.75, 3.05) is 0 Å². The Morgan fingerprint density at radius 2 is 2.08 bits per heavy atom. The van der Waals surface area contributed by atoms with Gasteiger partial charge in [-0.25, -0.2) is 4.79 Å². The van der Waals surface area contributed by atoms with Crippen molar-refractivity contribution in [1.82, 2.24) is 4.98 Å². The van der Waals surface area contributed by atoms with Crippen LogP contribution in [0.4, 0.5) is 0 Å². The molecule has 1 rings (SSSR count). The highest BCUT2D eigenvalue weighted by Gasteiger charge is 2.22. The van der Waals surface area contributed by atoms with Gasteiger partial charge in [0.25, 0.3) is 0 Å². The van der Waals surface area contributed by atoms with Crippen molar-refractivity contribution in [3.05, 3.63) is 29.6 Å². The molecule has 3 nitrogen and oxygen atoms in total. The molecule has 0 atom stereocenters. The Morgan fingerprint density at radius 3 is 2.46 bits per heavy atom. The second kappa shape index (κ2) is 3.17. The number of pyridine rings is 1. The summed E-state index contributed by atoms with van der Waals surface area (Å²) >= 11 is 0. The summed E-state index contributed by atoms with van der Waals surface area (Å²) in [5, 5.41) is 8.89. The van der Waals surface area contributed by atoms with E-state index in [1.54, 1.807) is 18.3 Å². The average molecular weight is 179 g/mol. The third-order valence-electron chi connectivity index (χ3n) is 1.75. The molecule has 0 aliphatic rings. The van der Waals surface area contributed by atoms with Gasteiger partial charge in [-0.3, -0.25) is 4.98 Å². The largest absolute Gasteiger partial charge is 0.478 e. The maximum Gasteiger partial charge on any atom is 0.337 e. The molecule has 0 bridgehead atoms. The van der Waals surface area contributed by atoms with Gasteiger partial charge in [-0.05, 0) is 12.1 Å². The van der Waals surface area contributed by atoms with E-state index in [1.807, 2.05) is 20.8 Å². The van der Waals surface area contributed by atoms with Crippen molar-refractivity contribution < 1.29 is 9.90 Å². The van der Waals surface area contributed by atoms with E-state index in [4.69, 9.17) is 5.11 Å². The fraction of sp³-hybridized carbons (Fsp3) is 0.400. The molecule has 1 heterocycles. The number of aromatic carboxylic acids is 1. The first-order valence-corrected chi connectivity index (χ1v) is 4.11. The number of carboxylic acid groups (broad SMARTS) is 1. The summed E-state index contributed by atoms with van der Waals surface area (Å²) in [5.41, 5.74) is 0.687. The first-order chi connectivity index (χ1) is 5.93. The van der Waals surface area contributed by atoms with Crippen LogP contribution >= 0.6 is 0 Å². The Morgan fingerprint density at radius 1 is 1.46 bits per heavy atom. The van der Waals surface area contributed by atoms with Gasteiger partial charge in [0.2, 0.25) is 0 Å². The molecule has 0 unspecified atom stereocenters. The lowest BCUT2D eigenvalue weighted by molar-refractivity contribution is 0.0693. The van der Waals surface area contributed by atoms with Gasteiger partial charge in [0.05, 0.1) is 11.3 Å². The quantitative estimate of drug-likeness (QED) is 0.718. The smallest absolute Gasteiger partial charge is 0.337 e. The van der Waals surface area contributed by atoms with Crippen molar-refractivity contribution in [3.8, 4) is 0 Å². The lowest BCUT2D eigenvalue weighted by atomic mass is 9.88. The molecule has 0 saturated carbocycles. The summed E-state index contributed by atoms with van der Waals surface area (Å²) in [6.07, 6.45) is 1.62. The Hall–Kier alpha value is -1.38. The Bertz CT molecular complexity index is 326. The zero-order chi connectivity index (χ0) is 10.1. The number of hydrogen-bond acceptors (Lipinski definition) is 2. The van der Waals surface area contributed by atoms with E-state index in [0.717, 1.165) is 0 Å². The molecule has 0 radical (unpaired) electrons. The lowest BCUT2D eigenvalue weighted by Crippen LogP contribution is -2.18. The van der Waals surface area contributed by atoms with Crippen LogP contribution in [0.5, 0.6) is 0 Å². The van der Waals surface area contributed by atoms with Crippen molar-refractivity contribution in [2.24, 2.45) is 0 Å².